The van der Waals surface area contributed by atoms with E-state index in [1.807, 2.05) is 25.7 Å². The molecule has 0 aromatic rings. The van der Waals surface area contributed by atoms with E-state index in [1.54, 1.807) is 0 Å². The molecule has 4 nitrogen and oxygen atoms in total. The summed E-state index contributed by atoms with van der Waals surface area (Å²) in [4.78, 5) is 14.5. The Labute approximate surface area is 130 Å². The van der Waals surface area contributed by atoms with Gasteiger partial charge in [-0.2, -0.15) is 0 Å². The molecule has 1 aliphatic heterocycles. The SMILES string of the molecule is CC(C)CC1CN(C(=O)OC(C)(C)C)C(CC(C)C)CN1. The molecule has 0 spiro atoms. The first kappa shape index (κ1) is 18.3. The highest BCUT2D eigenvalue weighted by Gasteiger charge is 2.34. The van der Waals surface area contributed by atoms with Crippen LogP contribution in [0, 0.1) is 11.8 Å². The van der Waals surface area contributed by atoms with Crippen LogP contribution in [0.4, 0.5) is 4.79 Å². The molecule has 1 amide bonds. The van der Waals surface area contributed by atoms with Gasteiger partial charge in [0.2, 0.25) is 0 Å². The number of ether oxygens (including phenoxy) is 1. The maximum absolute atomic E-state index is 12.5. The molecule has 1 heterocycles. The Kier molecular flexibility index (Phi) is 6.51. The third kappa shape index (κ3) is 6.68. The van der Waals surface area contributed by atoms with E-state index in [0.717, 1.165) is 25.9 Å². The molecule has 0 radical (unpaired) electrons. The van der Waals surface area contributed by atoms with Crippen molar-refractivity contribution in [1.82, 2.24) is 10.2 Å². The summed E-state index contributed by atoms with van der Waals surface area (Å²) in [5.74, 6) is 1.20. The van der Waals surface area contributed by atoms with Crippen molar-refractivity contribution in [1.29, 1.82) is 0 Å². The van der Waals surface area contributed by atoms with Crippen LogP contribution in [-0.4, -0.2) is 41.8 Å². The molecule has 0 saturated carbocycles. The first-order chi connectivity index (χ1) is 9.58. The summed E-state index contributed by atoms with van der Waals surface area (Å²) in [6, 6.07) is 0.615. The van der Waals surface area contributed by atoms with Gasteiger partial charge in [0.15, 0.2) is 0 Å². The standard InChI is InChI=1S/C17H34N2O2/c1-12(2)8-14-11-19(16(20)21-17(5,6)7)15(10-18-14)9-13(3)4/h12-15,18H,8-11H2,1-7H3. The summed E-state index contributed by atoms with van der Waals surface area (Å²) in [5, 5.41) is 3.60. The molecule has 0 aromatic carbocycles. The quantitative estimate of drug-likeness (QED) is 0.861. The maximum Gasteiger partial charge on any atom is 0.410 e. The summed E-state index contributed by atoms with van der Waals surface area (Å²) in [5.41, 5.74) is -0.433. The second-order valence-corrected chi connectivity index (χ2v) is 8.15. The largest absolute Gasteiger partial charge is 0.444 e. The van der Waals surface area contributed by atoms with Gasteiger partial charge >= 0.3 is 6.09 Å². The van der Waals surface area contributed by atoms with Gasteiger partial charge in [0.1, 0.15) is 5.60 Å². The number of nitrogens with one attached hydrogen (secondary N) is 1. The van der Waals surface area contributed by atoms with Crippen molar-refractivity contribution in [3.8, 4) is 0 Å². The molecule has 1 fully saturated rings. The number of hydrogen-bond donors (Lipinski definition) is 1. The predicted octanol–water partition coefficient (Wildman–Crippen LogP) is 3.66. The Morgan fingerprint density at radius 2 is 1.76 bits per heavy atom. The molecular weight excluding hydrogens is 264 g/mol. The first-order valence-corrected chi connectivity index (χ1v) is 8.31. The highest BCUT2D eigenvalue weighted by molar-refractivity contribution is 5.68. The van der Waals surface area contributed by atoms with Gasteiger partial charge in [-0.1, -0.05) is 27.7 Å². The van der Waals surface area contributed by atoms with Crippen LogP contribution in [0.25, 0.3) is 0 Å². The summed E-state index contributed by atoms with van der Waals surface area (Å²) in [6.07, 6.45) is 1.94. The number of amides is 1. The van der Waals surface area contributed by atoms with Gasteiger partial charge in [-0.05, 0) is 45.4 Å². The average Bonchev–Trinajstić information content (AvgIpc) is 2.27. The van der Waals surface area contributed by atoms with Crippen molar-refractivity contribution < 1.29 is 9.53 Å². The van der Waals surface area contributed by atoms with Gasteiger partial charge in [-0.25, -0.2) is 4.79 Å². The van der Waals surface area contributed by atoms with Crippen molar-refractivity contribution in [2.45, 2.75) is 79.0 Å². The molecule has 2 atom stereocenters. The van der Waals surface area contributed by atoms with Crippen LogP contribution in [0.1, 0.15) is 61.3 Å². The average molecular weight is 298 g/mol. The first-order valence-electron chi connectivity index (χ1n) is 8.31. The topological polar surface area (TPSA) is 41.6 Å². The lowest BCUT2D eigenvalue weighted by Gasteiger charge is -2.42. The molecule has 1 aliphatic rings. The van der Waals surface area contributed by atoms with E-state index in [4.69, 9.17) is 4.74 Å². The second-order valence-electron chi connectivity index (χ2n) is 8.15. The van der Waals surface area contributed by atoms with Gasteiger partial charge in [0.25, 0.3) is 0 Å². The van der Waals surface area contributed by atoms with Gasteiger partial charge in [0, 0.05) is 25.2 Å². The highest BCUT2D eigenvalue weighted by atomic mass is 16.6. The van der Waals surface area contributed by atoms with Gasteiger partial charge in [0.05, 0.1) is 0 Å². The van der Waals surface area contributed by atoms with Crippen LogP contribution < -0.4 is 5.32 Å². The van der Waals surface area contributed by atoms with Crippen molar-refractivity contribution in [2.75, 3.05) is 13.1 Å². The van der Waals surface area contributed by atoms with E-state index in [9.17, 15) is 4.79 Å². The zero-order chi connectivity index (χ0) is 16.2. The summed E-state index contributed by atoms with van der Waals surface area (Å²) in [7, 11) is 0. The lowest BCUT2D eigenvalue weighted by atomic mass is 9.96. The molecule has 4 heteroatoms. The fourth-order valence-electron chi connectivity index (χ4n) is 2.89. The third-order valence-electron chi connectivity index (χ3n) is 3.63. The Balaban J connectivity index is 2.75. The van der Waals surface area contributed by atoms with E-state index in [2.05, 4.69) is 33.0 Å². The van der Waals surface area contributed by atoms with Crippen LogP contribution in [0.2, 0.25) is 0 Å². The molecule has 0 aliphatic carbocycles. The summed E-state index contributed by atoms with van der Waals surface area (Å²) < 4.78 is 5.60. The maximum atomic E-state index is 12.5. The Morgan fingerprint density at radius 1 is 1.19 bits per heavy atom. The molecule has 2 unspecified atom stereocenters. The number of carbonyl (C=O) groups is 1. The van der Waals surface area contributed by atoms with E-state index in [0.29, 0.717) is 17.9 Å². The molecule has 1 saturated heterocycles. The molecule has 1 rings (SSSR count). The minimum absolute atomic E-state index is 0.164. The molecule has 21 heavy (non-hydrogen) atoms. The van der Waals surface area contributed by atoms with Crippen LogP contribution in [0.15, 0.2) is 0 Å². The predicted molar refractivity (Wildman–Crippen MR) is 87.4 cm³/mol. The van der Waals surface area contributed by atoms with Crippen LogP contribution in [0.3, 0.4) is 0 Å². The Morgan fingerprint density at radius 3 is 2.24 bits per heavy atom. The minimum atomic E-state index is -0.433. The number of rotatable bonds is 4. The fraction of sp³-hybridized carbons (Fsp3) is 0.941. The van der Waals surface area contributed by atoms with Gasteiger partial charge in [-0.15, -0.1) is 0 Å². The lowest BCUT2D eigenvalue weighted by Crippen LogP contribution is -2.59. The van der Waals surface area contributed by atoms with E-state index < -0.39 is 5.60 Å². The monoisotopic (exact) mass is 298 g/mol. The van der Waals surface area contributed by atoms with Crippen molar-refractivity contribution in [3.05, 3.63) is 0 Å². The number of hydrogen-bond acceptors (Lipinski definition) is 3. The Bertz CT molecular complexity index is 334. The summed E-state index contributed by atoms with van der Waals surface area (Å²) >= 11 is 0. The molecule has 0 bridgehead atoms. The molecule has 0 aromatic heterocycles. The van der Waals surface area contributed by atoms with Crippen molar-refractivity contribution in [3.63, 3.8) is 0 Å². The smallest absolute Gasteiger partial charge is 0.410 e. The Hall–Kier alpha value is -0.770. The van der Waals surface area contributed by atoms with Crippen molar-refractivity contribution in [2.24, 2.45) is 11.8 Å². The van der Waals surface area contributed by atoms with Crippen LogP contribution in [-0.2, 0) is 4.74 Å². The van der Waals surface area contributed by atoms with E-state index in [1.165, 1.54) is 0 Å². The van der Waals surface area contributed by atoms with Crippen LogP contribution >= 0.6 is 0 Å². The fourth-order valence-corrected chi connectivity index (χ4v) is 2.89. The molecule has 1 N–H and O–H groups in total. The van der Waals surface area contributed by atoms with E-state index in [-0.39, 0.29) is 12.1 Å². The van der Waals surface area contributed by atoms with E-state index >= 15 is 0 Å². The second kappa shape index (κ2) is 7.48. The zero-order valence-corrected chi connectivity index (χ0v) is 14.9. The number of carbonyl (C=O) groups excluding carboxylic acids is 1. The minimum Gasteiger partial charge on any atom is -0.444 e. The van der Waals surface area contributed by atoms with Crippen molar-refractivity contribution >= 4 is 6.09 Å². The zero-order valence-electron chi connectivity index (χ0n) is 14.9. The lowest BCUT2D eigenvalue weighted by molar-refractivity contribution is 0.00397. The molecular formula is C17H34N2O2. The normalized spacial score (nSPS) is 23.8. The van der Waals surface area contributed by atoms with Gasteiger partial charge < -0.3 is 15.0 Å². The van der Waals surface area contributed by atoms with Gasteiger partial charge in [-0.3, -0.25) is 0 Å². The third-order valence-corrected chi connectivity index (χ3v) is 3.63. The number of nitrogens with zero attached hydrogens (tertiary/aromatic N) is 1. The van der Waals surface area contributed by atoms with Crippen LogP contribution in [0.5, 0.6) is 0 Å². The number of piperazine rings is 1. The summed E-state index contributed by atoms with van der Waals surface area (Å²) in [6.45, 7) is 16.3. The highest BCUT2D eigenvalue weighted by Crippen LogP contribution is 2.21. The molecule has 124 valence electrons.